The van der Waals surface area contributed by atoms with Gasteiger partial charge in [0.2, 0.25) is 0 Å². The van der Waals surface area contributed by atoms with E-state index >= 15 is 0 Å². The van der Waals surface area contributed by atoms with Crippen LogP contribution < -0.4 is 0 Å². The fourth-order valence-electron chi connectivity index (χ4n) is 9.77. The molecule has 0 heterocycles. The van der Waals surface area contributed by atoms with Gasteiger partial charge in [0.25, 0.3) is 0 Å². The normalized spacial score (nSPS) is 12.8. The van der Waals surface area contributed by atoms with Crippen LogP contribution in [0.4, 0.5) is 0 Å². The van der Waals surface area contributed by atoms with E-state index in [0.29, 0.717) is 19.3 Å². The molecule has 0 aliphatic heterocycles. The van der Waals surface area contributed by atoms with Gasteiger partial charge in [-0.15, -0.1) is 0 Å². The van der Waals surface area contributed by atoms with Crippen LogP contribution in [0.3, 0.4) is 0 Å². The van der Waals surface area contributed by atoms with Crippen molar-refractivity contribution in [3.8, 4) is 0 Å². The van der Waals surface area contributed by atoms with Crippen molar-refractivity contribution in [1.29, 1.82) is 0 Å². The number of ether oxygens (including phenoxy) is 3. The largest absolute Gasteiger partial charge is 0.462 e. The molecule has 0 saturated carbocycles. The molecule has 0 aliphatic rings. The summed E-state index contributed by atoms with van der Waals surface area (Å²) in [5, 5.41) is 0. The van der Waals surface area contributed by atoms with E-state index in [-0.39, 0.29) is 31.1 Å². The van der Waals surface area contributed by atoms with Crippen LogP contribution in [0.5, 0.6) is 0 Å². The van der Waals surface area contributed by atoms with E-state index in [9.17, 15) is 14.4 Å². The molecule has 0 radical (unpaired) electrons. The number of carbonyl (C=O) groups is 3. The van der Waals surface area contributed by atoms with Gasteiger partial charge in [-0.25, -0.2) is 0 Å². The highest BCUT2D eigenvalue weighted by Crippen LogP contribution is 2.16. The third-order valence-electron chi connectivity index (χ3n) is 15.0. The highest BCUT2D eigenvalue weighted by atomic mass is 16.6. The third kappa shape index (κ3) is 66.9. The summed E-state index contributed by atoms with van der Waals surface area (Å²) >= 11 is 0. The highest BCUT2D eigenvalue weighted by Gasteiger charge is 2.19. The third-order valence-corrected chi connectivity index (χ3v) is 15.0. The lowest BCUT2D eigenvalue weighted by Crippen LogP contribution is -2.30. The topological polar surface area (TPSA) is 78.9 Å². The SMILES string of the molecule is CC/C=C\C/C=C\C/C=C\C/C=C\C/C=C\C/C=C\C/C=C\CCCCCCCC(=O)OCC(COC(=O)CCCCCCC/C=C\CCCCCCCCC)OC(=O)CCCCCCCCCCC/C=C\CCCCCCCCCC. The van der Waals surface area contributed by atoms with Crippen molar-refractivity contribution in [2.75, 3.05) is 13.2 Å². The predicted octanol–water partition coefficient (Wildman–Crippen LogP) is 24.2. The lowest BCUT2D eigenvalue weighted by molar-refractivity contribution is -0.167. The van der Waals surface area contributed by atoms with E-state index in [4.69, 9.17) is 14.2 Å². The second-order valence-corrected chi connectivity index (χ2v) is 23.1. The Morgan fingerprint density at radius 1 is 0.256 bits per heavy atom. The molecule has 1 unspecified atom stereocenters. The van der Waals surface area contributed by atoms with Gasteiger partial charge in [0.1, 0.15) is 13.2 Å². The minimum absolute atomic E-state index is 0.0888. The molecule has 0 saturated heterocycles. The summed E-state index contributed by atoms with van der Waals surface area (Å²) in [6, 6.07) is 0. The Kier molecular flexibility index (Phi) is 66.2. The minimum atomic E-state index is -0.794. The van der Waals surface area contributed by atoms with Gasteiger partial charge in [-0.3, -0.25) is 14.4 Å². The first-order valence-electron chi connectivity index (χ1n) is 34.9. The summed E-state index contributed by atoms with van der Waals surface area (Å²) in [6.45, 7) is 6.53. The highest BCUT2D eigenvalue weighted by molar-refractivity contribution is 5.71. The van der Waals surface area contributed by atoms with Crippen LogP contribution in [0.15, 0.2) is 109 Å². The van der Waals surface area contributed by atoms with Gasteiger partial charge in [-0.1, -0.05) is 297 Å². The van der Waals surface area contributed by atoms with Crippen molar-refractivity contribution in [3.63, 3.8) is 0 Å². The van der Waals surface area contributed by atoms with Crippen molar-refractivity contribution in [2.24, 2.45) is 0 Å². The second-order valence-electron chi connectivity index (χ2n) is 23.1. The predicted molar refractivity (Wildman–Crippen MR) is 357 cm³/mol. The average Bonchev–Trinajstić information content (AvgIpc) is 3.47. The first-order valence-corrected chi connectivity index (χ1v) is 34.9. The molecule has 6 nitrogen and oxygen atoms in total. The van der Waals surface area contributed by atoms with Crippen LogP contribution in [0.25, 0.3) is 0 Å². The number of esters is 3. The smallest absolute Gasteiger partial charge is 0.306 e. The summed E-state index contributed by atoms with van der Waals surface area (Å²) in [6.07, 6.45) is 95.3. The molecular formula is C76H130O6. The van der Waals surface area contributed by atoms with Crippen LogP contribution in [0.2, 0.25) is 0 Å². The first-order chi connectivity index (χ1) is 40.5. The van der Waals surface area contributed by atoms with E-state index in [2.05, 4.69) is 130 Å². The first kappa shape index (κ1) is 78.1. The van der Waals surface area contributed by atoms with E-state index in [1.807, 2.05) is 0 Å². The molecule has 82 heavy (non-hydrogen) atoms. The molecule has 0 spiro atoms. The minimum Gasteiger partial charge on any atom is -0.462 e. The van der Waals surface area contributed by atoms with Gasteiger partial charge < -0.3 is 14.2 Å². The molecule has 0 bridgehead atoms. The summed E-state index contributed by atoms with van der Waals surface area (Å²) in [4.78, 5) is 38.5. The Morgan fingerprint density at radius 2 is 0.476 bits per heavy atom. The molecule has 0 aromatic heterocycles. The van der Waals surface area contributed by atoms with E-state index < -0.39 is 6.10 Å². The van der Waals surface area contributed by atoms with E-state index in [0.717, 1.165) is 128 Å². The van der Waals surface area contributed by atoms with Crippen LogP contribution >= 0.6 is 0 Å². The van der Waals surface area contributed by atoms with Crippen LogP contribution in [-0.2, 0) is 28.6 Å². The zero-order chi connectivity index (χ0) is 59.2. The molecule has 0 aliphatic carbocycles. The van der Waals surface area contributed by atoms with Gasteiger partial charge >= 0.3 is 17.9 Å². The Hall–Kier alpha value is -3.93. The van der Waals surface area contributed by atoms with Crippen LogP contribution in [0, 0.1) is 0 Å². The van der Waals surface area contributed by atoms with Gasteiger partial charge in [0.15, 0.2) is 6.10 Å². The Morgan fingerprint density at radius 3 is 0.756 bits per heavy atom. The van der Waals surface area contributed by atoms with Crippen molar-refractivity contribution in [3.05, 3.63) is 109 Å². The van der Waals surface area contributed by atoms with Crippen LogP contribution in [0.1, 0.15) is 335 Å². The fraction of sp³-hybridized carbons (Fsp3) is 0.724. The molecule has 0 N–H and O–H groups in total. The van der Waals surface area contributed by atoms with Gasteiger partial charge in [-0.05, 0) is 128 Å². The molecule has 6 heteroatoms. The van der Waals surface area contributed by atoms with Crippen molar-refractivity contribution >= 4 is 17.9 Å². The Bertz CT molecular complexity index is 1640. The summed E-state index contributed by atoms with van der Waals surface area (Å²) in [5.74, 6) is -0.906. The molecule has 0 rings (SSSR count). The Balaban J connectivity index is 4.41. The molecule has 0 amide bonds. The Labute approximate surface area is 508 Å². The summed E-state index contributed by atoms with van der Waals surface area (Å²) < 4.78 is 17.0. The molecule has 0 aromatic rings. The molecule has 0 aromatic carbocycles. The van der Waals surface area contributed by atoms with Gasteiger partial charge in [0.05, 0.1) is 0 Å². The van der Waals surface area contributed by atoms with E-state index in [1.54, 1.807) is 0 Å². The lowest BCUT2D eigenvalue weighted by Gasteiger charge is -2.18. The summed E-state index contributed by atoms with van der Waals surface area (Å²) in [5.41, 5.74) is 0. The molecule has 470 valence electrons. The molecular weight excluding hydrogens is 1010 g/mol. The quantitative estimate of drug-likeness (QED) is 0.0261. The second kappa shape index (κ2) is 69.6. The number of hydrogen-bond acceptors (Lipinski definition) is 6. The molecule has 1 atom stereocenters. The van der Waals surface area contributed by atoms with Crippen molar-refractivity contribution < 1.29 is 28.6 Å². The maximum atomic E-state index is 13.0. The zero-order valence-corrected chi connectivity index (χ0v) is 54.0. The standard InChI is InChI=1S/C76H130O6/c1-4-7-10-13-16-19-22-25-28-31-33-35-36-37-38-39-40-42-43-45-48-51-54-57-60-63-66-69-75(78)81-72-73(71-80-74(77)68-65-62-59-56-53-50-47-30-27-24-21-18-15-12-9-6-3)82-76(79)70-67-64-61-58-55-52-49-46-44-41-34-32-29-26-23-20-17-14-11-8-5-2/h7,10,16,19,25,28,30,32-35,37-38,40,42,45,47-48,73H,4-6,8-9,11-15,17-18,20-24,26-27,29,31,36,39,41,43-44,46,49-72H2,1-3H3/b10-7-,19-16-,28-25-,34-32-,35-33-,38-37-,42-40-,47-30-,48-45-. The lowest BCUT2D eigenvalue weighted by atomic mass is 10.1. The number of rotatable bonds is 63. The maximum absolute atomic E-state index is 13.0. The van der Waals surface area contributed by atoms with Crippen LogP contribution in [-0.4, -0.2) is 37.2 Å². The van der Waals surface area contributed by atoms with Gasteiger partial charge in [-0.2, -0.15) is 0 Å². The van der Waals surface area contributed by atoms with Crippen molar-refractivity contribution in [2.45, 2.75) is 341 Å². The fourth-order valence-corrected chi connectivity index (χ4v) is 9.77. The summed E-state index contributed by atoms with van der Waals surface area (Å²) in [7, 11) is 0. The number of allylic oxidation sites excluding steroid dienone is 18. The number of carbonyl (C=O) groups excluding carboxylic acids is 3. The zero-order valence-electron chi connectivity index (χ0n) is 54.0. The molecule has 0 fully saturated rings. The average molecular weight is 1140 g/mol. The van der Waals surface area contributed by atoms with Gasteiger partial charge in [0, 0.05) is 19.3 Å². The van der Waals surface area contributed by atoms with E-state index in [1.165, 1.54) is 167 Å². The van der Waals surface area contributed by atoms with Crippen molar-refractivity contribution in [1.82, 2.24) is 0 Å². The maximum Gasteiger partial charge on any atom is 0.306 e. The number of unbranched alkanes of at least 4 members (excludes halogenated alkanes) is 34. The monoisotopic (exact) mass is 1140 g/mol. The number of hydrogen-bond donors (Lipinski definition) is 0.